The normalized spacial score (nSPS) is 9.79. The van der Waals surface area contributed by atoms with Gasteiger partial charge in [-0.3, -0.25) is 0 Å². The molecule has 0 aromatic heterocycles. The molecule has 4 heteroatoms. The molecule has 0 saturated heterocycles. The molecule has 0 aliphatic carbocycles. The highest BCUT2D eigenvalue weighted by molar-refractivity contribution is 9.10. The molecular weight excluding hydrogens is 263 g/mol. The van der Waals surface area contributed by atoms with Crippen LogP contribution in [0, 0.1) is 0 Å². The van der Waals surface area contributed by atoms with Crippen LogP contribution in [0.5, 0.6) is 0 Å². The van der Waals surface area contributed by atoms with Crippen molar-refractivity contribution in [3.05, 3.63) is 34.8 Å². The van der Waals surface area contributed by atoms with Gasteiger partial charge in [0.2, 0.25) is 0 Å². The summed E-state index contributed by atoms with van der Waals surface area (Å²) in [4.78, 5) is 0. The predicted molar refractivity (Wildman–Crippen MR) is 67.7 cm³/mol. The van der Waals surface area contributed by atoms with E-state index >= 15 is 0 Å². The maximum Gasteiger partial charge on any atom is 0.0627 e. The van der Waals surface area contributed by atoms with E-state index in [9.17, 15) is 0 Å². The molecule has 0 fully saturated rings. The maximum atomic E-state index is 5.83. The van der Waals surface area contributed by atoms with Crippen molar-refractivity contribution in [2.75, 3.05) is 11.5 Å². The zero-order valence-corrected chi connectivity index (χ0v) is 9.73. The number of benzene rings is 2. The standard InChI is InChI=1S/C10H9BrN2.ClH/c11-7-2-3-8-6(5-7)1-4-9(12)10(8)13;/h1-5H,12-13H2;1H. The number of nitrogens with two attached hydrogens (primary N) is 2. The van der Waals surface area contributed by atoms with Crippen molar-refractivity contribution in [1.29, 1.82) is 0 Å². The van der Waals surface area contributed by atoms with Crippen LogP contribution in [0.15, 0.2) is 34.8 Å². The Balaban J connectivity index is 0.000000980. The van der Waals surface area contributed by atoms with Gasteiger partial charge in [0.05, 0.1) is 11.4 Å². The summed E-state index contributed by atoms with van der Waals surface area (Å²) in [6.45, 7) is 0. The Labute approximate surface area is 96.8 Å². The average molecular weight is 274 g/mol. The van der Waals surface area contributed by atoms with Crippen molar-refractivity contribution >= 4 is 50.5 Å². The smallest absolute Gasteiger partial charge is 0.0627 e. The fourth-order valence-electron chi connectivity index (χ4n) is 1.34. The topological polar surface area (TPSA) is 52.0 Å². The molecule has 2 aromatic rings. The summed E-state index contributed by atoms with van der Waals surface area (Å²) in [6, 6.07) is 9.73. The quantitative estimate of drug-likeness (QED) is 0.724. The average Bonchev–Trinajstić information content (AvgIpc) is 2.12. The van der Waals surface area contributed by atoms with E-state index in [1.54, 1.807) is 0 Å². The fourth-order valence-corrected chi connectivity index (χ4v) is 1.72. The molecule has 0 amide bonds. The Morgan fingerprint density at radius 2 is 1.71 bits per heavy atom. The molecule has 0 spiro atoms. The zero-order valence-electron chi connectivity index (χ0n) is 7.33. The number of fused-ring (bicyclic) bond motifs is 1. The van der Waals surface area contributed by atoms with Gasteiger partial charge in [0.25, 0.3) is 0 Å². The van der Waals surface area contributed by atoms with Gasteiger partial charge in [0, 0.05) is 9.86 Å². The maximum absolute atomic E-state index is 5.83. The largest absolute Gasteiger partial charge is 0.397 e. The van der Waals surface area contributed by atoms with E-state index in [-0.39, 0.29) is 12.4 Å². The van der Waals surface area contributed by atoms with Crippen LogP contribution in [0.4, 0.5) is 11.4 Å². The van der Waals surface area contributed by atoms with Crippen LogP contribution in [0.25, 0.3) is 10.8 Å². The van der Waals surface area contributed by atoms with Gasteiger partial charge in [0.1, 0.15) is 0 Å². The monoisotopic (exact) mass is 272 g/mol. The predicted octanol–water partition coefficient (Wildman–Crippen LogP) is 3.19. The summed E-state index contributed by atoms with van der Waals surface area (Å²) in [7, 11) is 0. The highest BCUT2D eigenvalue weighted by Gasteiger charge is 2.01. The van der Waals surface area contributed by atoms with Crippen molar-refractivity contribution < 1.29 is 0 Å². The van der Waals surface area contributed by atoms with Gasteiger partial charge in [-0.05, 0) is 23.6 Å². The van der Waals surface area contributed by atoms with Crippen LogP contribution in [-0.4, -0.2) is 0 Å². The summed E-state index contributed by atoms with van der Waals surface area (Å²) in [6.07, 6.45) is 0. The molecule has 0 aliphatic rings. The third-order valence-electron chi connectivity index (χ3n) is 2.06. The molecule has 0 heterocycles. The van der Waals surface area contributed by atoms with E-state index in [0.29, 0.717) is 11.4 Å². The lowest BCUT2D eigenvalue weighted by Crippen LogP contribution is -1.94. The van der Waals surface area contributed by atoms with E-state index in [1.165, 1.54) is 0 Å². The Bertz CT molecular complexity index is 471. The Hall–Kier alpha value is -0.930. The van der Waals surface area contributed by atoms with Gasteiger partial charge in [0.15, 0.2) is 0 Å². The second kappa shape index (κ2) is 4.07. The molecule has 0 aliphatic heterocycles. The van der Waals surface area contributed by atoms with Crippen molar-refractivity contribution in [2.45, 2.75) is 0 Å². The number of hydrogen-bond donors (Lipinski definition) is 2. The van der Waals surface area contributed by atoms with Crippen LogP contribution < -0.4 is 11.5 Å². The van der Waals surface area contributed by atoms with Crippen molar-refractivity contribution in [3.8, 4) is 0 Å². The molecule has 4 N–H and O–H groups in total. The number of anilines is 2. The highest BCUT2D eigenvalue weighted by Crippen LogP contribution is 2.28. The first-order valence-electron chi connectivity index (χ1n) is 3.92. The van der Waals surface area contributed by atoms with Gasteiger partial charge in [-0.15, -0.1) is 12.4 Å². The third kappa shape index (κ3) is 1.79. The van der Waals surface area contributed by atoms with Gasteiger partial charge in [-0.25, -0.2) is 0 Å². The minimum atomic E-state index is 0. The Morgan fingerprint density at radius 3 is 2.43 bits per heavy atom. The highest BCUT2D eigenvalue weighted by atomic mass is 79.9. The summed E-state index contributed by atoms with van der Waals surface area (Å²) < 4.78 is 1.05. The second-order valence-corrected chi connectivity index (χ2v) is 3.85. The molecule has 0 atom stereocenters. The summed E-state index contributed by atoms with van der Waals surface area (Å²) in [5.74, 6) is 0. The molecule has 0 saturated carbocycles. The van der Waals surface area contributed by atoms with Crippen LogP contribution in [0.3, 0.4) is 0 Å². The van der Waals surface area contributed by atoms with E-state index in [1.807, 2.05) is 30.3 Å². The van der Waals surface area contributed by atoms with Gasteiger partial charge in [-0.2, -0.15) is 0 Å². The number of rotatable bonds is 0. The third-order valence-corrected chi connectivity index (χ3v) is 2.55. The van der Waals surface area contributed by atoms with E-state index in [2.05, 4.69) is 15.9 Å². The van der Waals surface area contributed by atoms with Gasteiger partial charge < -0.3 is 11.5 Å². The number of nitrogen functional groups attached to an aromatic ring is 2. The summed E-state index contributed by atoms with van der Waals surface area (Å²) >= 11 is 3.40. The van der Waals surface area contributed by atoms with Crippen molar-refractivity contribution in [3.63, 3.8) is 0 Å². The molecule has 2 nitrogen and oxygen atoms in total. The lowest BCUT2D eigenvalue weighted by atomic mass is 10.1. The van der Waals surface area contributed by atoms with Gasteiger partial charge >= 0.3 is 0 Å². The van der Waals surface area contributed by atoms with Crippen molar-refractivity contribution in [1.82, 2.24) is 0 Å². The fraction of sp³-hybridized carbons (Fsp3) is 0. The first-order valence-corrected chi connectivity index (χ1v) is 4.71. The summed E-state index contributed by atoms with van der Waals surface area (Å²) in [5, 5.41) is 2.10. The Kier molecular flexibility index (Phi) is 3.24. The summed E-state index contributed by atoms with van der Waals surface area (Å²) in [5.41, 5.74) is 12.8. The minimum absolute atomic E-state index is 0. The SMILES string of the molecule is Cl.Nc1ccc2cc(Br)ccc2c1N. The molecule has 74 valence electrons. The lowest BCUT2D eigenvalue weighted by Gasteiger charge is -2.05. The molecule has 2 aromatic carbocycles. The van der Waals surface area contributed by atoms with Crippen molar-refractivity contribution in [2.24, 2.45) is 0 Å². The first-order chi connectivity index (χ1) is 6.18. The molecule has 0 bridgehead atoms. The lowest BCUT2D eigenvalue weighted by molar-refractivity contribution is 1.68. The second-order valence-electron chi connectivity index (χ2n) is 2.93. The molecule has 0 radical (unpaired) electrons. The first kappa shape index (κ1) is 11.1. The molecular formula is C10H10BrClN2. The van der Waals surface area contributed by atoms with E-state index in [4.69, 9.17) is 11.5 Å². The van der Waals surface area contributed by atoms with E-state index < -0.39 is 0 Å². The Morgan fingerprint density at radius 1 is 1.00 bits per heavy atom. The minimum Gasteiger partial charge on any atom is -0.397 e. The van der Waals surface area contributed by atoms with E-state index in [0.717, 1.165) is 15.2 Å². The van der Waals surface area contributed by atoms with Crippen LogP contribution in [0.2, 0.25) is 0 Å². The molecule has 14 heavy (non-hydrogen) atoms. The van der Waals surface area contributed by atoms with Crippen LogP contribution in [-0.2, 0) is 0 Å². The molecule has 0 unspecified atom stereocenters. The number of halogens is 2. The number of hydrogen-bond acceptors (Lipinski definition) is 2. The molecule has 2 rings (SSSR count). The van der Waals surface area contributed by atoms with Crippen LogP contribution >= 0.6 is 28.3 Å². The zero-order chi connectivity index (χ0) is 9.42. The van der Waals surface area contributed by atoms with Crippen LogP contribution in [0.1, 0.15) is 0 Å². The van der Waals surface area contributed by atoms with Gasteiger partial charge in [-0.1, -0.05) is 28.1 Å².